The Morgan fingerprint density at radius 3 is 2.37 bits per heavy atom. The van der Waals surface area contributed by atoms with Gasteiger partial charge in [0.15, 0.2) is 5.82 Å². The van der Waals surface area contributed by atoms with Crippen molar-refractivity contribution in [2.75, 3.05) is 48.3 Å². The van der Waals surface area contributed by atoms with Crippen molar-refractivity contribution in [1.29, 1.82) is 0 Å². The molecule has 0 spiro atoms. The third-order valence-electron chi connectivity index (χ3n) is 7.55. The summed E-state index contributed by atoms with van der Waals surface area (Å²) < 4.78 is 69.6. The van der Waals surface area contributed by atoms with E-state index in [0.29, 0.717) is 37.3 Å². The van der Waals surface area contributed by atoms with E-state index in [1.165, 1.54) is 18.3 Å². The van der Waals surface area contributed by atoms with Gasteiger partial charge in [-0.15, -0.1) is 0 Å². The lowest BCUT2D eigenvalue weighted by atomic mass is 10.1. The number of anilines is 5. The highest BCUT2D eigenvalue weighted by Gasteiger charge is 2.37. The van der Waals surface area contributed by atoms with E-state index >= 15 is 0 Å². The molecule has 1 aliphatic heterocycles. The predicted molar refractivity (Wildman–Crippen MR) is 164 cm³/mol. The van der Waals surface area contributed by atoms with Crippen LogP contribution in [0, 0.1) is 0 Å². The van der Waals surface area contributed by atoms with Crippen LogP contribution in [0.4, 0.5) is 42.0 Å². The zero-order valence-corrected chi connectivity index (χ0v) is 25.5. The van der Waals surface area contributed by atoms with Gasteiger partial charge in [-0.05, 0) is 68.6 Å². The van der Waals surface area contributed by atoms with E-state index in [0.717, 1.165) is 31.6 Å². The number of hydrogen-bond acceptors (Lipinski definition) is 8. The lowest BCUT2D eigenvalue weighted by Crippen LogP contribution is -2.46. The molecule has 3 N–H and O–H groups in total. The molecule has 1 aliphatic carbocycles. The second kappa shape index (κ2) is 12.8. The Labute approximate surface area is 254 Å². The summed E-state index contributed by atoms with van der Waals surface area (Å²) in [5.41, 5.74) is 0.924. The molecule has 2 fully saturated rings. The summed E-state index contributed by atoms with van der Waals surface area (Å²) in [6, 6.07) is 10.9. The van der Waals surface area contributed by atoms with Crippen molar-refractivity contribution in [2.24, 2.45) is 0 Å². The quantitative estimate of drug-likeness (QED) is 0.225. The molecule has 0 amide bonds. The van der Waals surface area contributed by atoms with Gasteiger partial charge in [0.25, 0.3) is 0 Å². The third kappa shape index (κ3) is 7.88. The van der Waals surface area contributed by atoms with Crippen molar-refractivity contribution >= 4 is 50.5 Å². The normalized spacial score (nSPS) is 17.1. The van der Waals surface area contributed by atoms with E-state index in [2.05, 4.69) is 37.1 Å². The number of nitrogens with zero attached hydrogens (tertiary/aromatic N) is 4. The van der Waals surface area contributed by atoms with Crippen LogP contribution in [0.3, 0.4) is 0 Å². The molecule has 0 bridgehead atoms. The Morgan fingerprint density at radius 1 is 1.05 bits per heavy atom. The van der Waals surface area contributed by atoms with E-state index in [-0.39, 0.29) is 27.7 Å². The Bertz CT molecular complexity index is 1530. The number of sulfonamides is 1. The van der Waals surface area contributed by atoms with Crippen molar-refractivity contribution in [1.82, 2.24) is 19.6 Å². The van der Waals surface area contributed by atoms with Crippen LogP contribution in [-0.2, 0) is 16.2 Å². The average molecular weight is 638 g/mol. The second-order valence-corrected chi connectivity index (χ2v) is 13.3. The van der Waals surface area contributed by atoms with Crippen LogP contribution in [0.15, 0.2) is 48.7 Å². The zero-order chi connectivity index (χ0) is 30.8. The third-order valence-corrected chi connectivity index (χ3v) is 9.86. The number of rotatable bonds is 11. The second-order valence-electron chi connectivity index (χ2n) is 10.9. The highest BCUT2D eigenvalue weighted by molar-refractivity contribution is 7.90. The molecule has 9 nitrogen and oxygen atoms in total. The van der Waals surface area contributed by atoms with Crippen LogP contribution >= 0.6 is 11.6 Å². The van der Waals surface area contributed by atoms with Crippen LogP contribution < -0.4 is 20.3 Å². The molecule has 1 saturated heterocycles. The summed E-state index contributed by atoms with van der Waals surface area (Å²) >= 11 is 6.30. The minimum atomic E-state index is -4.60. The number of aromatic nitrogens is 2. The van der Waals surface area contributed by atoms with Gasteiger partial charge in [0.05, 0.1) is 22.7 Å². The molecule has 14 heteroatoms. The number of alkyl halides is 3. The largest absolute Gasteiger partial charge is 0.418 e. The lowest BCUT2D eigenvalue weighted by molar-refractivity contribution is -0.136. The fourth-order valence-electron chi connectivity index (χ4n) is 5.03. The molecular weight excluding hydrogens is 603 g/mol. The summed E-state index contributed by atoms with van der Waals surface area (Å²) in [6.07, 6.45) is -0.885. The zero-order valence-electron chi connectivity index (χ0n) is 24.0. The number of halogens is 4. The van der Waals surface area contributed by atoms with Crippen molar-refractivity contribution in [3.05, 3.63) is 64.8 Å². The van der Waals surface area contributed by atoms with E-state index in [9.17, 15) is 21.6 Å². The first-order valence-corrected chi connectivity index (χ1v) is 16.2. The van der Waals surface area contributed by atoms with Gasteiger partial charge in [0.2, 0.25) is 16.0 Å². The number of nitrogens with one attached hydrogen (secondary N) is 3. The van der Waals surface area contributed by atoms with Gasteiger partial charge in [-0.3, -0.25) is 4.90 Å². The van der Waals surface area contributed by atoms with Crippen molar-refractivity contribution in [3.63, 3.8) is 0 Å². The summed E-state index contributed by atoms with van der Waals surface area (Å²) in [7, 11) is -3.34. The first-order chi connectivity index (χ1) is 20.4. The first kappa shape index (κ1) is 31.3. The predicted octanol–water partition coefficient (Wildman–Crippen LogP) is 6.31. The summed E-state index contributed by atoms with van der Waals surface area (Å²) in [6.45, 7) is 7.81. The number of piperazine rings is 1. The van der Waals surface area contributed by atoms with Gasteiger partial charge in [0, 0.05) is 43.6 Å². The maximum Gasteiger partial charge on any atom is 0.418 e. The fraction of sp³-hybridized carbons (Fsp3) is 0.448. The Balaban J connectivity index is 1.29. The van der Waals surface area contributed by atoms with Crippen LogP contribution in [0.1, 0.15) is 50.3 Å². The molecule has 2 aliphatic rings. The molecule has 43 heavy (non-hydrogen) atoms. The topological polar surface area (TPSA) is 102 Å². The van der Waals surface area contributed by atoms with Crippen LogP contribution in [0.25, 0.3) is 0 Å². The molecule has 1 atom stereocenters. The Kier molecular flexibility index (Phi) is 9.35. The lowest BCUT2D eigenvalue weighted by Gasteiger charge is -2.36. The molecular formula is C29H35ClF3N7O2S. The van der Waals surface area contributed by atoms with Crippen LogP contribution in [0.5, 0.6) is 0 Å². The SMILES string of the molecule is CCCN1CCN(c2ccc(Nc3ncc(Cl)c(Nc4ccc(C(C)NS(=O)(=O)C5CC5)cc4)n3)c(C(F)(F)F)c2)CC1. The minimum absolute atomic E-state index is 0.0574. The molecule has 2 aromatic carbocycles. The van der Waals surface area contributed by atoms with E-state index < -0.39 is 27.8 Å². The summed E-state index contributed by atoms with van der Waals surface area (Å²) in [5, 5.41) is 5.63. The molecule has 1 saturated carbocycles. The standard InChI is InChI=1S/C29H35ClF3N7O2S/c1-3-12-39-13-15-40(16-14-39)22-8-11-26(24(17-22)29(31,32)33)36-28-34-18-25(30)27(37-28)35-21-6-4-20(5-7-21)19(2)38-43(41,42)23-9-10-23/h4-8,11,17-19,23,38H,3,9-10,12-16H2,1-2H3,(H2,34,35,36,37). The highest BCUT2D eigenvalue weighted by Crippen LogP contribution is 2.39. The van der Waals surface area contributed by atoms with Gasteiger partial charge >= 0.3 is 6.18 Å². The molecule has 5 rings (SSSR count). The molecule has 2 heterocycles. The molecule has 1 unspecified atom stereocenters. The van der Waals surface area contributed by atoms with Gasteiger partial charge in [-0.2, -0.15) is 18.2 Å². The van der Waals surface area contributed by atoms with E-state index in [1.807, 2.05) is 4.90 Å². The smallest absolute Gasteiger partial charge is 0.369 e. The van der Waals surface area contributed by atoms with Gasteiger partial charge < -0.3 is 15.5 Å². The molecule has 1 aromatic heterocycles. The van der Waals surface area contributed by atoms with E-state index in [4.69, 9.17) is 11.6 Å². The molecule has 3 aromatic rings. The highest BCUT2D eigenvalue weighted by atomic mass is 35.5. The number of hydrogen-bond donors (Lipinski definition) is 3. The monoisotopic (exact) mass is 637 g/mol. The van der Waals surface area contributed by atoms with Crippen LogP contribution in [0.2, 0.25) is 5.02 Å². The van der Waals surface area contributed by atoms with E-state index in [1.54, 1.807) is 37.3 Å². The van der Waals surface area contributed by atoms with Gasteiger partial charge in [0.1, 0.15) is 5.02 Å². The number of benzene rings is 2. The first-order valence-electron chi connectivity index (χ1n) is 14.3. The fourth-order valence-corrected chi connectivity index (χ4v) is 6.75. The summed E-state index contributed by atoms with van der Waals surface area (Å²) in [4.78, 5) is 12.7. The molecule has 232 valence electrons. The Hall–Kier alpha value is -3.13. The Morgan fingerprint density at radius 2 is 1.74 bits per heavy atom. The summed E-state index contributed by atoms with van der Waals surface area (Å²) in [5.74, 6) is 0.141. The van der Waals surface area contributed by atoms with Crippen molar-refractivity contribution in [2.45, 2.75) is 50.6 Å². The van der Waals surface area contributed by atoms with Gasteiger partial charge in [-0.1, -0.05) is 30.7 Å². The maximum atomic E-state index is 14.1. The van der Waals surface area contributed by atoms with Crippen molar-refractivity contribution < 1.29 is 21.6 Å². The minimum Gasteiger partial charge on any atom is -0.369 e. The van der Waals surface area contributed by atoms with Gasteiger partial charge in [-0.25, -0.2) is 18.1 Å². The maximum absolute atomic E-state index is 14.1. The average Bonchev–Trinajstić information content (AvgIpc) is 3.82. The van der Waals surface area contributed by atoms with Crippen molar-refractivity contribution in [3.8, 4) is 0 Å². The molecule has 0 radical (unpaired) electrons. The van der Waals surface area contributed by atoms with Crippen LogP contribution in [-0.4, -0.2) is 61.3 Å².